The van der Waals surface area contributed by atoms with Crippen LogP contribution in [0.5, 0.6) is 0 Å². The van der Waals surface area contributed by atoms with Crippen molar-refractivity contribution in [2.45, 2.75) is 12.5 Å². The Bertz CT molecular complexity index is 574. The predicted octanol–water partition coefficient (Wildman–Crippen LogP) is 4.70. The van der Waals surface area contributed by atoms with E-state index in [0.29, 0.717) is 0 Å². The van der Waals surface area contributed by atoms with Crippen molar-refractivity contribution < 1.29 is 4.39 Å². The van der Waals surface area contributed by atoms with Crippen LogP contribution in [0.4, 0.5) is 4.39 Å². The third-order valence-electron chi connectivity index (χ3n) is 3.04. The molecule has 2 aromatic rings. The number of benzene rings is 2. The minimum absolute atomic E-state index is 0.217. The van der Waals surface area contributed by atoms with Crippen molar-refractivity contribution in [2.75, 3.05) is 7.05 Å². The minimum atomic E-state index is -0.217. The molecule has 0 saturated heterocycles. The first-order valence-corrected chi connectivity index (χ1v) is 7.84. The zero-order valence-electron chi connectivity index (χ0n) is 10.5. The fourth-order valence-electron chi connectivity index (χ4n) is 2.02. The summed E-state index contributed by atoms with van der Waals surface area (Å²) in [6.45, 7) is 0. The van der Waals surface area contributed by atoms with Crippen LogP contribution >= 0.6 is 38.5 Å². The molecule has 4 heteroatoms. The summed E-state index contributed by atoms with van der Waals surface area (Å²) >= 11 is 5.73. The quantitative estimate of drug-likeness (QED) is 0.689. The van der Waals surface area contributed by atoms with Gasteiger partial charge in [-0.2, -0.15) is 0 Å². The Morgan fingerprint density at radius 2 is 2.05 bits per heavy atom. The van der Waals surface area contributed by atoms with Crippen molar-refractivity contribution in [3.05, 3.63) is 67.5 Å². The van der Waals surface area contributed by atoms with E-state index in [4.69, 9.17) is 0 Å². The molecular formula is C15H14BrFIN. The van der Waals surface area contributed by atoms with Gasteiger partial charge in [0.05, 0.1) is 0 Å². The number of rotatable bonds is 4. The van der Waals surface area contributed by atoms with E-state index in [1.807, 2.05) is 13.1 Å². The fraction of sp³-hybridized carbons (Fsp3) is 0.200. The first-order valence-electron chi connectivity index (χ1n) is 5.97. The van der Waals surface area contributed by atoms with Gasteiger partial charge < -0.3 is 5.32 Å². The maximum Gasteiger partial charge on any atom is 0.124 e. The molecule has 1 atom stereocenters. The van der Waals surface area contributed by atoms with E-state index in [2.05, 4.69) is 68.1 Å². The van der Waals surface area contributed by atoms with E-state index in [1.165, 1.54) is 21.3 Å². The Morgan fingerprint density at radius 1 is 1.26 bits per heavy atom. The van der Waals surface area contributed by atoms with E-state index in [0.717, 1.165) is 16.5 Å². The van der Waals surface area contributed by atoms with Gasteiger partial charge in [0.25, 0.3) is 0 Å². The lowest BCUT2D eigenvalue weighted by Crippen LogP contribution is -2.19. The van der Waals surface area contributed by atoms with Crippen LogP contribution in [0.15, 0.2) is 46.9 Å². The standard InChI is InChI=1S/C15H14BrFIN/c1-19-15(11-3-2-4-13(18)7-11)8-10-5-6-12(17)9-14(10)16/h2-7,9,15,19H,8H2,1H3. The third kappa shape index (κ3) is 4.00. The summed E-state index contributed by atoms with van der Waals surface area (Å²) in [6, 6.07) is 13.5. The van der Waals surface area contributed by atoms with Gasteiger partial charge in [-0.15, -0.1) is 0 Å². The average Bonchev–Trinajstić information content (AvgIpc) is 2.38. The Balaban J connectivity index is 2.24. The molecule has 0 bridgehead atoms. The lowest BCUT2D eigenvalue weighted by atomic mass is 9.99. The topological polar surface area (TPSA) is 12.0 Å². The smallest absolute Gasteiger partial charge is 0.124 e. The highest BCUT2D eigenvalue weighted by Crippen LogP contribution is 2.25. The average molecular weight is 434 g/mol. The van der Waals surface area contributed by atoms with Gasteiger partial charge in [-0.3, -0.25) is 0 Å². The van der Waals surface area contributed by atoms with Crippen LogP contribution in [0, 0.1) is 9.39 Å². The molecule has 19 heavy (non-hydrogen) atoms. The molecule has 0 amide bonds. The molecule has 0 aromatic heterocycles. The number of likely N-dealkylation sites (N-methyl/N-ethyl adjacent to an activating group) is 1. The first kappa shape index (κ1) is 14.9. The van der Waals surface area contributed by atoms with E-state index in [1.54, 1.807) is 0 Å². The zero-order chi connectivity index (χ0) is 13.8. The fourth-order valence-corrected chi connectivity index (χ4v) is 3.10. The van der Waals surface area contributed by atoms with Crippen molar-refractivity contribution in [3.8, 4) is 0 Å². The number of hydrogen-bond acceptors (Lipinski definition) is 1. The third-order valence-corrected chi connectivity index (χ3v) is 4.45. The van der Waals surface area contributed by atoms with Crippen LogP contribution in [-0.2, 0) is 6.42 Å². The van der Waals surface area contributed by atoms with Gasteiger partial charge in [-0.05, 0) is 71.5 Å². The normalized spacial score (nSPS) is 12.4. The largest absolute Gasteiger partial charge is 0.313 e. The predicted molar refractivity (Wildman–Crippen MR) is 88.8 cm³/mol. The zero-order valence-corrected chi connectivity index (χ0v) is 14.2. The van der Waals surface area contributed by atoms with E-state index >= 15 is 0 Å². The molecule has 0 aliphatic rings. The maximum atomic E-state index is 13.1. The molecule has 0 aliphatic heterocycles. The second-order valence-electron chi connectivity index (χ2n) is 4.34. The summed E-state index contributed by atoms with van der Waals surface area (Å²) in [6.07, 6.45) is 0.817. The van der Waals surface area contributed by atoms with Crippen molar-refractivity contribution in [3.63, 3.8) is 0 Å². The molecule has 0 saturated carbocycles. The van der Waals surface area contributed by atoms with Gasteiger partial charge in [0.2, 0.25) is 0 Å². The highest BCUT2D eigenvalue weighted by Gasteiger charge is 2.12. The van der Waals surface area contributed by atoms with Crippen molar-refractivity contribution in [1.29, 1.82) is 0 Å². The highest BCUT2D eigenvalue weighted by atomic mass is 127. The SMILES string of the molecule is CNC(Cc1ccc(F)cc1Br)c1cccc(I)c1. The Kier molecular flexibility index (Phi) is 5.36. The summed E-state index contributed by atoms with van der Waals surface area (Å²) in [5.41, 5.74) is 2.34. The van der Waals surface area contributed by atoms with Crippen molar-refractivity contribution in [2.24, 2.45) is 0 Å². The second-order valence-corrected chi connectivity index (χ2v) is 6.44. The van der Waals surface area contributed by atoms with Crippen LogP contribution in [0.3, 0.4) is 0 Å². The first-order chi connectivity index (χ1) is 9.10. The summed E-state index contributed by atoms with van der Waals surface area (Å²) in [5, 5.41) is 3.32. The van der Waals surface area contributed by atoms with Gasteiger partial charge >= 0.3 is 0 Å². The molecule has 1 N–H and O–H groups in total. The number of halogens is 3. The summed E-state index contributed by atoms with van der Waals surface area (Å²) in [4.78, 5) is 0. The summed E-state index contributed by atoms with van der Waals surface area (Å²) in [7, 11) is 1.95. The molecule has 1 nitrogen and oxygen atoms in total. The van der Waals surface area contributed by atoms with Gasteiger partial charge in [0, 0.05) is 14.1 Å². The monoisotopic (exact) mass is 433 g/mol. The Labute approximate surface area is 134 Å². The molecular weight excluding hydrogens is 420 g/mol. The van der Waals surface area contributed by atoms with Crippen LogP contribution in [0.2, 0.25) is 0 Å². The second kappa shape index (κ2) is 6.81. The molecule has 2 aromatic carbocycles. The van der Waals surface area contributed by atoms with Crippen LogP contribution in [0.1, 0.15) is 17.2 Å². The van der Waals surface area contributed by atoms with Crippen molar-refractivity contribution >= 4 is 38.5 Å². The number of nitrogens with one attached hydrogen (secondary N) is 1. The van der Waals surface area contributed by atoms with Gasteiger partial charge in [0.15, 0.2) is 0 Å². The van der Waals surface area contributed by atoms with Gasteiger partial charge in [-0.25, -0.2) is 4.39 Å². The molecule has 0 aliphatic carbocycles. The van der Waals surface area contributed by atoms with E-state index < -0.39 is 0 Å². The molecule has 100 valence electrons. The molecule has 2 rings (SSSR count). The number of hydrogen-bond donors (Lipinski definition) is 1. The van der Waals surface area contributed by atoms with Crippen LogP contribution in [-0.4, -0.2) is 7.05 Å². The summed E-state index contributed by atoms with van der Waals surface area (Å²) < 4.78 is 15.1. The molecule has 1 unspecified atom stereocenters. The van der Waals surface area contributed by atoms with E-state index in [9.17, 15) is 4.39 Å². The minimum Gasteiger partial charge on any atom is -0.313 e. The lowest BCUT2D eigenvalue weighted by Gasteiger charge is -2.18. The van der Waals surface area contributed by atoms with Gasteiger partial charge in [0.1, 0.15) is 5.82 Å². The van der Waals surface area contributed by atoms with Crippen LogP contribution in [0.25, 0.3) is 0 Å². The Hall–Kier alpha value is -0.460. The van der Waals surface area contributed by atoms with E-state index in [-0.39, 0.29) is 11.9 Å². The lowest BCUT2D eigenvalue weighted by molar-refractivity contribution is 0.587. The molecule has 0 heterocycles. The molecule has 0 spiro atoms. The van der Waals surface area contributed by atoms with Crippen molar-refractivity contribution in [1.82, 2.24) is 5.32 Å². The highest BCUT2D eigenvalue weighted by molar-refractivity contribution is 14.1. The maximum absolute atomic E-state index is 13.1. The van der Waals surface area contributed by atoms with Crippen LogP contribution < -0.4 is 5.32 Å². The molecule has 0 radical (unpaired) electrons. The van der Waals surface area contributed by atoms with Gasteiger partial charge in [-0.1, -0.05) is 34.1 Å². The molecule has 0 fully saturated rings. The Morgan fingerprint density at radius 3 is 2.68 bits per heavy atom. The summed E-state index contributed by atoms with van der Waals surface area (Å²) in [5.74, 6) is -0.217.